The summed E-state index contributed by atoms with van der Waals surface area (Å²) < 4.78 is 0. The Morgan fingerprint density at radius 3 is 1.13 bits per heavy atom. The first-order valence-electron chi connectivity index (χ1n) is 30.1. The van der Waals surface area contributed by atoms with E-state index in [9.17, 15) is 0 Å². The van der Waals surface area contributed by atoms with Gasteiger partial charge in [0.1, 0.15) is 17.1 Å². The number of anilines is 5. The second-order valence-corrected chi connectivity index (χ2v) is 22.3. The predicted octanol–water partition coefficient (Wildman–Crippen LogP) is 11.7. The fraction of sp³-hybridized carbons (Fsp3) is 0.0294. The van der Waals surface area contributed by atoms with Gasteiger partial charge >= 0.3 is 0 Å². The van der Waals surface area contributed by atoms with Gasteiger partial charge in [0.05, 0.1) is 52.4 Å². The highest BCUT2D eigenvalue weighted by Crippen LogP contribution is 2.31. The van der Waals surface area contributed by atoms with E-state index < -0.39 is 0 Å². The zero-order valence-corrected chi connectivity index (χ0v) is 53.0. The Kier molecular flexibility index (Phi) is 18.9. The number of nitrogens with zero attached hydrogens (tertiary/aromatic N) is 20. The average molecular weight is 1340 g/mol. The number of aromatic nitrogens is 24. The third-order valence-electron chi connectivity index (χ3n) is 14.5. The van der Waals surface area contributed by atoms with Crippen molar-refractivity contribution in [2.24, 2.45) is 5.73 Å². The lowest BCUT2D eigenvalue weighted by atomic mass is 10.1. The molecule has 0 saturated heterocycles. The summed E-state index contributed by atoms with van der Waals surface area (Å²) in [5.41, 5.74) is 48.6. The van der Waals surface area contributed by atoms with Crippen LogP contribution in [0.5, 0.6) is 0 Å². The summed E-state index contributed by atoms with van der Waals surface area (Å²) in [4.78, 5) is 70.5. The molecule has 0 fully saturated rings. The number of nitrogens with two attached hydrogens (primary N) is 6. The van der Waals surface area contributed by atoms with Gasteiger partial charge in [-0.2, -0.15) is 20.4 Å². The molecule has 0 aliphatic rings. The van der Waals surface area contributed by atoms with Gasteiger partial charge in [0.15, 0.2) is 69.7 Å². The van der Waals surface area contributed by atoms with Gasteiger partial charge in [-0.3, -0.25) is 40.3 Å². The summed E-state index contributed by atoms with van der Waals surface area (Å²) in [6.45, 7) is 2.48. The van der Waals surface area contributed by atoms with Crippen molar-refractivity contribution < 1.29 is 11.4 Å². The molecule has 16 N–H and O–H groups in total. The van der Waals surface area contributed by atoms with Gasteiger partial charge in [-0.1, -0.05) is 60.2 Å². The lowest BCUT2D eigenvalue weighted by Crippen LogP contribution is -2.00. The number of hydrogen-bond donors (Lipinski definition) is 10. The third kappa shape index (κ3) is 15.1. The summed E-state index contributed by atoms with van der Waals surface area (Å²) in [7, 11) is 0. The fourth-order valence-electron chi connectivity index (χ4n) is 9.58. The largest absolute Gasteiger partial charge is 0.399 e. The van der Waals surface area contributed by atoms with Crippen LogP contribution in [0.4, 0.5) is 29.0 Å². The van der Waals surface area contributed by atoms with Gasteiger partial charge in [0, 0.05) is 112 Å². The molecule has 16 rings (SSSR count). The summed E-state index contributed by atoms with van der Waals surface area (Å²) >= 11 is 1.58. The molecule has 0 bridgehead atoms. The topological polar surface area (TPSA) is 477 Å². The van der Waals surface area contributed by atoms with Crippen molar-refractivity contribution in [2.45, 2.75) is 13.5 Å². The van der Waals surface area contributed by atoms with Crippen molar-refractivity contribution in [3.05, 3.63) is 224 Å². The van der Waals surface area contributed by atoms with E-state index in [1.54, 1.807) is 97.8 Å². The summed E-state index contributed by atoms with van der Waals surface area (Å²) in [6.07, 6.45) is 20.1. The van der Waals surface area contributed by atoms with Crippen molar-refractivity contribution in [3.63, 3.8) is 0 Å². The molecule has 500 valence electrons. The van der Waals surface area contributed by atoms with Crippen LogP contribution in [0.3, 0.4) is 0 Å². The van der Waals surface area contributed by atoms with Crippen molar-refractivity contribution in [1.29, 1.82) is 0 Å². The molecule has 0 unspecified atom stereocenters. The highest BCUT2D eigenvalue weighted by atomic mass is 32.1. The molecule has 13 heterocycles. The Bertz CT molecular complexity index is 5230. The van der Waals surface area contributed by atoms with Crippen LogP contribution in [0.25, 0.3) is 136 Å². The van der Waals surface area contributed by atoms with Crippen molar-refractivity contribution in [1.82, 2.24) is 121 Å². The number of aryl methyl sites for hydroxylation is 1. The zero-order valence-electron chi connectivity index (χ0n) is 52.2. The molecule has 0 aliphatic carbocycles. The van der Waals surface area contributed by atoms with Crippen molar-refractivity contribution >= 4 is 40.3 Å². The molecule has 30 nitrogen and oxygen atoms in total. The normalized spacial score (nSPS) is 10.8. The summed E-state index contributed by atoms with van der Waals surface area (Å²) in [6, 6.07) is 42.0. The number of nitrogens with one attached hydrogen (secondary N) is 4. The number of nitrogen functional groups attached to an aromatic ring is 5. The maximum Gasteiger partial charge on any atom is 0.203 e. The van der Waals surface area contributed by atoms with Gasteiger partial charge in [-0.25, -0.2) is 59.8 Å². The quantitative estimate of drug-likeness (QED) is 0.0479. The fourth-order valence-corrected chi connectivity index (χ4v) is 10.2. The molecule has 31 heteroatoms. The number of thiophene rings is 1. The number of pyridine rings is 4. The Morgan fingerprint density at radius 1 is 0.354 bits per heavy atom. The molecule has 99 heavy (non-hydrogen) atoms. The maximum atomic E-state index is 6.00. The zero-order chi connectivity index (χ0) is 68.0. The van der Waals surface area contributed by atoms with Crippen LogP contribution in [0, 0.1) is 6.92 Å². The van der Waals surface area contributed by atoms with E-state index in [4.69, 9.17) is 34.4 Å². The average Bonchev–Trinajstić information content (AvgIpc) is 1.77. The minimum Gasteiger partial charge on any atom is -0.399 e. The highest BCUT2D eigenvalue weighted by molar-refractivity contribution is 7.13. The van der Waals surface area contributed by atoms with Crippen molar-refractivity contribution in [2.75, 3.05) is 28.7 Å². The van der Waals surface area contributed by atoms with Crippen LogP contribution in [-0.2, 0) is 6.54 Å². The Balaban J connectivity index is 0.000000250. The van der Waals surface area contributed by atoms with Gasteiger partial charge in [0.25, 0.3) is 0 Å². The maximum absolute atomic E-state index is 6.00. The van der Waals surface area contributed by atoms with Crippen molar-refractivity contribution in [3.8, 4) is 136 Å². The van der Waals surface area contributed by atoms with Crippen LogP contribution in [0.1, 0.15) is 22.5 Å². The molecule has 0 radical (unpaired) electrons. The van der Waals surface area contributed by atoms with Crippen LogP contribution in [0.2, 0.25) is 0 Å². The molecule has 0 aliphatic heterocycles. The molecule has 0 spiro atoms. The van der Waals surface area contributed by atoms with Crippen LogP contribution in [-0.4, -0.2) is 121 Å². The Hall–Kier alpha value is -14.2. The molecule has 3 aromatic carbocycles. The van der Waals surface area contributed by atoms with E-state index in [1.807, 2.05) is 134 Å². The smallest absolute Gasteiger partial charge is 0.203 e. The van der Waals surface area contributed by atoms with E-state index in [1.165, 1.54) is 0 Å². The highest BCUT2D eigenvalue weighted by Gasteiger charge is 2.20. The molecule has 13 aromatic heterocycles. The van der Waals surface area contributed by atoms with Gasteiger partial charge < -0.3 is 34.4 Å². The Morgan fingerprint density at radius 2 is 0.727 bits per heavy atom. The first-order chi connectivity index (χ1) is 48.5. The summed E-state index contributed by atoms with van der Waals surface area (Å²) in [5.74, 6) is 5.24. The third-order valence-corrected chi connectivity index (χ3v) is 15.3. The standard InChI is InChI=1S/C18H16N8.C18H15N7.C17H14N8.C15H11N7S.8H2/c19-8-11-3-1-4-12(7-11)17-24-18(26-25-17)15-16(20)22-10-14(23-15)13-5-2-6-21-9-13;1-11-4-2-5-12(8-11)17-23-18(25-24-17)15-16(19)21-10-14(22-15)13-6-3-7-20-9-13;18-12-5-1-3-10(7-12)16-23-17(25-24-16)14-15(19)21-9-13(22-14)11-4-2-6-20-8-11;16-13-12(15-20-14(21-22-15)11-4-2-6-23-11)19-10(8-18-13)9-3-1-5-17-7-9;;;;;;;;/h1-7,9-10H,8,19H2,(H2,20,22)(H,24,25,26);2-10H,1H3,(H2,19,21)(H,23,24,25);1-9H,18H2,(H2,19,21)(H,23,24,25);1-8H,(H2,16,18)(H,20,21,22);8*1H. The number of benzene rings is 3. The molecule has 0 saturated carbocycles. The van der Waals surface area contributed by atoms with E-state index in [0.717, 1.165) is 54.9 Å². The first-order valence-corrected chi connectivity index (χ1v) is 30.9. The molecule has 0 atom stereocenters. The second kappa shape index (κ2) is 29.4. The molecular formula is C68H72N30S. The SMILES string of the molecule is Cc1cccc(-c2n[nH]c(-c3nc(-c4cccnc4)cnc3N)n2)c1.NCc1cccc(-c2n[nH]c(-c3nc(-c4cccnc4)cnc3N)n2)c1.Nc1cccc(-c2n[nH]c(-c3nc(-c4cccnc4)cnc3N)n2)c1.Nc1ncc(-c2cccnc2)nc1-c1n[nH]c(-c2cccs2)n1.[HH].[HH].[HH].[HH].[HH].[HH].[HH].[HH]. The van der Waals surface area contributed by atoms with E-state index >= 15 is 0 Å². The summed E-state index contributed by atoms with van der Waals surface area (Å²) in [5, 5.41) is 30.5. The monoisotopic (exact) mass is 1340 g/mol. The van der Waals surface area contributed by atoms with E-state index in [2.05, 4.69) is 121 Å². The minimum atomic E-state index is 0. The van der Waals surface area contributed by atoms with E-state index in [0.29, 0.717) is 110 Å². The first kappa shape index (κ1) is 63.6. The second-order valence-electron chi connectivity index (χ2n) is 21.3. The number of rotatable bonds is 13. The number of aromatic amines is 4. The van der Waals surface area contributed by atoms with E-state index in [-0.39, 0.29) is 28.9 Å². The lowest BCUT2D eigenvalue weighted by molar-refractivity contribution is 1.06. The van der Waals surface area contributed by atoms with Gasteiger partial charge in [0.2, 0.25) is 5.82 Å². The lowest BCUT2D eigenvalue weighted by Gasteiger charge is -2.04. The number of hydrogen-bond acceptors (Lipinski definition) is 27. The van der Waals surface area contributed by atoms with Crippen LogP contribution in [0.15, 0.2) is 213 Å². The number of H-pyrrole nitrogens is 4. The molecular weight excluding hydrogens is 1270 g/mol. The molecule has 16 aromatic rings. The molecule has 0 amide bonds. The van der Waals surface area contributed by atoms with Crippen LogP contribution >= 0.6 is 11.3 Å². The van der Waals surface area contributed by atoms with Gasteiger partial charge in [-0.15, -0.1) is 11.3 Å². The Labute approximate surface area is 578 Å². The van der Waals surface area contributed by atoms with Gasteiger partial charge in [-0.05, 0) is 96.7 Å². The minimum absolute atomic E-state index is 0. The predicted molar refractivity (Wildman–Crippen MR) is 394 cm³/mol. The van der Waals surface area contributed by atoms with Crippen LogP contribution < -0.4 is 34.4 Å².